The van der Waals surface area contributed by atoms with Crippen LogP contribution in [-0.4, -0.2) is 18.9 Å². The van der Waals surface area contributed by atoms with Gasteiger partial charge in [-0.15, -0.1) is 0 Å². The fraction of sp³-hybridized carbons (Fsp3) is 0.462. The Morgan fingerprint density at radius 1 is 1.31 bits per heavy atom. The normalized spacial score (nSPS) is 10.8. The summed E-state index contributed by atoms with van der Waals surface area (Å²) in [5.74, 6) is 0.825. The lowest BCUT2D eigenvalue weighted by molar-refractivity contribution is 0.0991. The zero-order valence-electron chi connectivity index (χ0n) is 9.79. The average molecular weight is 284 g/mol. The second-order valence-corrected chi connectivity index (χ2v) is 5.21. The average Bonchev–Trinajstić information content (AvgIpc) is 2.25. The van der Waals surface area contributed by atoms with Crippen LogP contribution in [0.5, 0.6) is 0 Å². The molecule has 1 aromatic rings. The van der Waals surface area contributed by atoms with Crippen LogP contribution in [0.3, 0.4) is 0 Å². The fourth-order valence-electron chi connectivity index (χ4n) is 1.33. The molecule has 2 nitrogen and oxygen atoms in total. The Balaban J connectivity index is 2.32. The number of hydrogen-bond acceptors (Lipinski definition) is 2. The van der Waals surface area contributed by atoms with Crippen molar-refractivity contribution in [2.24, 2.45) is 5.92 Å². The van der Waals surface area contributed by atoms with Gasteiger partial charge in [-0.2, -0.15) is 0 Å². The Morgan fingerprint density at radius 2 is 1.94 bits per heavy atom. The largest absolute Gasteiger partial charge is 0.310 e. The predicted octanol–water partition coefficient (Wildman–Crippen LogP) is 3.27. The molecule has 0 fully saturated rings. The van der Waals surface area contributed by atoms with E-state index in [2.05, 4.69) is 35.1 Å². The number of carbonyl (C=O) groups excluding carboxylic acids is 1. The summed E-state index contributed by atoms with van der Waals surface area (Å²) in [5.41, 5.74) is 0.764. The summed E-state index contributed by atoms with van der Waals surface area (Å²) in [6.07, 6.45) is 1.10. The minimum Gasteiger partial charge on any atom is -0.310 e. The number of halogens is 1. The number of carbonyl (C=O) groups is 1. The first kappa shape index (κ1) is 13.4. The monoisotopic (exact) mass is 283 g/mol. The molecule has 3 heteroatoms. The lowest BCUT2D eigenvalue weighted by atomic mass is 10.1. The minimum absolute atomic E-state index is 0.149. The molecular formula is C13H18BrNO. The first-order chi connectivity index (χ1) is 7.59. The molecule has 88 valence electrons. The van der Waals surface area contributed by atoms with Crippen LogP contribution in [0, 0.1) is 5.92 Å². The van der Waals surface area contributed by atoms with Crippen LogP contribution in [0.15, 0.2) is 28.7 Å². The van der Waals surface area contributed by atoms with E-state index in [1.807, 2.05) is 24.3 Å². The molecule has 0 spiro atoms. The molecule has 0 bridgehead atoms. The first-order valence-corrected chi connectivity index (χ1v) is 6.38. The summed E-state index contributed by atoms with van der Waals surface area (Å²) in [6.45, 7) is 5.69. The van der Waals surface area contributed by atoms with Crippen LogP contribution in [0.25, 0.3) is 0 Å². The highest BCUT2D eigenvalue weighted by Crippen LogP contribution is 2.10. The topological polar surface area (TPSA) is 29.1 Å². The zero-order valence-corrected chi connectivity index (χ0v) is 11.4. The van der Waals surface area contributed by atoms with Crippen LogP contribution in [0.1, 0.15) is 30.6 Å². The molecule has 0 aliphatic carbocycles. The second-order valence-electron chi connectivity index (χ2n) is 4.29. The molecule has 0 saturated carbocycles. The maximum absolute atomic E-state index is 11.7. The van der Waals surface area contributed by atoms with Crippen LogP contribution in [0.2, 0.25) is 0 Å². The number of Topliss-reactive ketones (excluding diaryl/α,β-unsaturated/α-hetero) is 1. The van der Waals surface area contributed by atoms with E-state index in [1.165, 1.54) is 0 Å². The maximum Gasteiger partial charge on any atom is 0.176 e. The van der Waals surface area contributed by atoms with Gasteiger partial charge >= 0.3 is 0 Å². The summed E-state index contributed by atoms with van der Waals surface area (Å²) >= 11 is 3.35. The molecule has 1 aromatic carbocycles. The molecule has 1 N–H and O–H groups in total. The quantitative estimate of drug-likeness (QED) is 0.641. The number of hydrogen-bond donors (Lipinski definition) is 1. The van der Waals surface area contributed by atoms with Crippen molar-refractivity contribution in [1.82, 2.24) is 5.32 Å². The highest BCUT2D eigenvalue weighted by Gasteiger charge is 2.04. The van der Waals surface area contributed by atoms with Gasteiger partial charge in [-0.25, -0.2) is 0 Å². The first-order valence-electron chi connectivity index (χ1n) is 5.59. The summed E-state index contributed by atoms with van der Waals surface area (Å²) in [7, 11) is 0. The fourth-order valence-corrected chi connectivity index (χ4v) is 1.59. The zero-order chi connectivity index (χ0) is 12.0. The Kier molecular flexibility index (Phi) is 5.71. The van der Waals surface area contributed by atoms with Crippen molar-refractivity contribution in [3.05, 3.63) is 34.3 Å². The molecule has 0 atom stereocenters. The molecule has 0 saturated heterocycles. The third-order valence-corrected chi connectivity index (χ3v) is 2.88. The lowest BCUT2D eigenvalue weighted by Gasteiger charge is -2.06. The van der Waals surface area contributed by atoms with Crippen LogP contribution in [-0.2, 0) is 0 Å². The maximum atomic E-state index is 11.7. The van der Waals surface area contributed by atoms with E-state index < -0.39 is 0 Å². The van der Waals surface area contributed by atoms with E-state index in [4.69, 9.17) is 0 Å². The molecule has 0 aliphatic rings. The van der Waals surface area contributed by atoms with Crippen LogP contribution >= 0.6 is 15.9 Å². The molecule has 0 unspecified atom stereocenters. The number of nitrogens with one attached hydrogen (secondary N) is 1. The van der Waals surface area contributed by atoms with Gasteiger partial charge in [0.05, 0.1) is 6.54 Å². The molecular weight excluding hydrogens is 266 g/mol. The van der Waals surface area contributed by atoms with E-state index >= 15 is 0 Å². The van der Waals surface area contributed by atoms with Gasteiger partial charge in [0.1, 0.15) is 0 Å². The Labute approximate surface area is 106 Å². The SMILES string of the molecule is CC(C)CCNCC(=O)c1ccc(Br)cc1. The second kappa shape index (κ2) is 6.81. The van der Waals surface area contributed by atoms with Gasteiger partial charge in [0, 0.05) is 10.0 Å². The minimum atomic E-state index is 0.149. The summed E-state index contributed by atoms with van der Waals surface area (Å²) in [6, 6.07) is 7.47. The number of benzene rings is 1. The van der Waals surface area contributed by atoms with E-state index in [-0.39, 0.29) is 5.78 Å². The third-order valence-electron chi connectivity index (χ3n) is 2.35. The highest BCUT2D eigenvalue weighted by atomic mass is 79.9. The van der Waals surface area contributed by atoms with Gasteiger partial charge in [0.2, 0.25) is 0 Å². The van der Waals surface area contributed by atoms with Crippen LogP contribution in [0.4, 0.5) is 0 Å². The standard InChI is InChI=1S/C13H18BrNO/c1-10(2)7-8-15-9-13(16)11-3-5-12(14)6-4-11/h3-6,10,15H,7-9H2,1-2H3. The molecule has 0 heterocycles. The Morgan fingerprint density at radius 3 is 2.50 bits per heavy atom. The van der Waals surface area contributed by atoms with Crippen molar-refractivity contribution in [2.45, 2.75) is 20.3 Å². The van der Waals surface area contributed by atoms with E-state index in [1.54, 1.807) is 0 Å². The molecule has 1 rings (SSSR count). The van der Waals surface area contributed by atoms with E-state index in [9.17, 15) is 4.79 Å². The Bertz CT molecular complexity index is 332. The van der Waals surface area contributed by atoms with Gasteiger partial charge in [0.15, 0.2) is 5.78 Å². The van der Waals surface area contributed by atoms with Gasteiger partial charge in [-0.3, -0.25) is 4.79 Å². The summed E-state index contributed by atoms with van der Waals surface area (Å²) in [5, 5.41) is 3.17. The molecule has 16 heavy (non-hydrogen) atoms. The van der Waals surface area contributed by atoms with Gasteiger partial charge in [0.25, 0.3) is 0 Å². The third kappa shape index (κ3) is 4.90. The van der Waals surface area contributed by atoms with Crippen molar-refractivity contribution >= 4 is 21.7 Å². The Hall–Kier alpha value is -0.670. The number of rotatable bonds is 6. The number of ketones is 1. The van der Waals surface area contributed by atoms with Crippen molar-refractivity contribution in [1.29, 1.82) is 0 Å². The van der Waals surface area contributed by atoms with Crippen molar-refractivity contribution in [3.8, 4) is 0 Å². The van der Waals surface area contributed by atoms with Gasteiger partial charge in [-0.1, -0.05) is 41.9 Å². The van der Waals surface area contributed by atoms with Crippen molar-refractivity contribution < 1.29 is 4.79 Å². The molecule has 0 aromatic heterocycles. The summed E-state index contributed by atoms with van der Waals surface area (Å²) < 4.78 is 0.997. The lowest BCUT2D eigenvalue weighted by Crippen LogP contribution is -2.24. The van der Waals surface area contributed by atoms with E-state index in [0.717, 1.165) is 23.0 Å². The molecule has 0 amide bonds. The van der Waals surface area contributed by atoms with Crippen molar-refractivity contribution in [2.75, 3.05) is 13.1 Å². The predicted molar refractivity (Wildman–Crippen MR) is 70.8 cm³/mol. The summed E-state index contributed by atoms with van der Waals surface area (Å²) in [4.78, 5) is 11.7. The molecule has 0 aliphatic heterocycles. The van der Waals surface area contributed by atoms with Gasteiger partial charge in [-0.05, 0) is 31.0 Å². The van der Waals surface area contributed by atoms with Crippen LogP contribution < -0.4 is 5.32 Å². The smallest absolute Gasteiger partial charge is 0.176 e. The highest BCUT2D eigenvalue weighted by molar-refractivity contribution is 9.10. The van der Waals surface area contributed by atoms with Crippen molar-refractivity contribution in [3.63, 3.8) is 0 Å². The molecule has 0 radical (unpaired) electrons. The van der Waals surface area contributed by atoms with Gasteiger partial charge < -0.3 is 5.32 Å². The van der Waals surface area contributed by atoms with E-state index in [0.29, 0.717) is 12.5 Å².